The number of carbonyl (C=O) groups excluding carboxylic acids is 1. The van der Waals surface area contributed by atoms with Gasteiger partial charge in [-0.25, -0.2) is 9.07 Å². The summed E-state index contributed by atoms with van der Waals surface area (Å²) in [5, 5.41) is 14.1. The molecule has 1 saturated carbocycles. The molecule has 5 nitrogen and oxygen atoms in total. The van der Waals surface area contributed by atoms with E-state index in [1.165, 1.54) is 16.8 Å². The predicted molar refractivity (Wildman–Crippen MR) is 86.3 cm³/mol. The molecule has 1 aromatic heterocycles. The molecular weight excluding hydrogens is 309 g/mol. The van der Waals surface area contributed by atoms with Gasteiger partial charge in [0, 0.05) is 24.7 Å². The van der Waals surface area contributed by atoms with Crippen LogP contribution < -0.4 is 0 Å². The summed E-state index contributed by atoms with van der Waals surface area (Å²) in [6.45, 7) is 1.42. The van der Waals surface area contributed by atoms with Crippen LogP contribution >= 0.6 is 0 Å². The Morgan fingerprint density at radius 2 is 2.29 bits per heavy atom. The Morgan fingerprint density at radius 1 is 1.42 bits per heavy atom. The number of fused-ring (bicyclic) bond motifs is 1. The van der Waals surface area contributed by atoms with Crippen molar-refractivity contribution in [3.8, 4) is 5.69 Å². The average Bonchev–Trinajstić information content (AvgIpc) is 3.28. The number of carbonyl (C=O) groups is 1. The SMILES string of the molecule is O=C(c1ccn(-c2cccc(F)c2)n1)N1C[C@@H]2CCC[C@]2(CO)C1. The largest absolute Gasteiger partial charge is 0.396 e. The first-order valence-corrected chi connectivity index (χ1v) is 8.33. The van der Waals surface area contributed by atoms with Gasteiger partial charge in [0.05, 0.1) is 12.3 Å². The van der Waals surface area contributed by atoms with Gasteiger partial charge in [-0.2, -0.15) is 5.10 Å². The Balaban J connectivity index is 1.54. The van der Waals surface area contributed by atoms with Gasteiger partial charge in [0.2, 0.25) is 0 Å². The maximum absolute atomic E-state index is 13.3. The monoisotopic (exact) mass is 329 g/mol. The second-order valence-corrected chi connectivity index (χ2v) is 6.92. The van der Waals surface area contributed by atoms with Gasteiger partial charge < -0.3 is 10.0 Å². The summed E-state index contributed by atoms with van der Waals surface area (Å²) in [6, 6.07) is 7.76. The first-order chi connectivity index (χ1) is 11.6. The highest BCUT2D eigenvalue weighted by atomic mass is 19.1. The quantitative estimate of drug-likeness (QED) is 0.939. The number of aromatic nitrogens is 2. The van der Waals surface area contributed by atoms with Crippen molar-refractivity contribution < 1.29 is 14.3 Å². The maximum atomic E-state index is 13.3. The second-order valence-electron chi connectivity index (χ2n) is 6.92. The van der Waals surface area contributed by atoms with E-state index >= 15 is 0 Å². The number of aliphatic hydroxyl groups excluding tert-OH is 1. The molecule has 1 aromatic carbocycles. The molecule has 0 radical (unpaired) electrons. The van der Waals surface area contributed by atoms with Crippen LogP contribution in [0.4, 0.5) is 4.39 Å². The highest BCUT2D eigenvalue weighted by molar-refractivity contribution is 5.92. The minimum Gasteiger partial charge on any atom is -0.396 e. The third kappa shape index (κ3) is 2.41. The lowest BCUT2D eigenvalue weighted by molar-refractivity contribution is 0.0728. The molecule has 6 heteroatoms. The predicted octanol–water partition coefficient (Wildman–Crippen LogP) is 2.25. The fraction of sp³-hybridized carbons (Fsp3) is 0.444. The smallest absolute Gasteiger partial charge is 0.274 e. The number of hydrogen-bond donors (Lipinski definition) is 1. The summed E-state index contributed by atoms with van der Waals surface area (Å²) < 4.78 is 14.8. The average molecular weight is 329 g/mol. The lowest BCUT2D eigenvalue weighted by atomic mass is 9.82. The Morgan fingerprint density at radius 3 is 3.04 bits per heavy atom. The molecule has 2 fully saturated rings. The summed E-state index contributed by atoms with van der Waals surface area (Å²) in [5.41, 5.74) is 0.812. The molecule has 1 aliphatic carbocycles. The Hall–Kier alpha value is -2.21. The zero-order valence-electron chi connectivity index (χ0n) is 13.4. The van der Waals surface area contributed by atoms with Gasteiger partial charge in [0.25, 0.3) is 5.91 Å². The van der Waals surface area contributed by atoms with Crippen LogP contribution in [0.1, 0.15) is 29.8 Å². The van der Waals surface area contributed by atoms with Gasteiger partial charge in [0.15, 0.2) is 5.69 Å². The molecule has 0 spiro atoms. The van der Waals surface area contributed by atoms with Crippen molar-refractivity contribution in [1.29, 1.82) is 0 Å². The molecule has 2 atom stereocenters. The van der Waals surface area contributed by atoms with Crippen molar-refractivity contribution in [2.45, 2.75) is 19.3 Å². The third-order valence-electron chi connectivity index (χ3n) is 5.52. The molecule has 2 aliphatic rings. The van der Waals surface area contributed by atoms with Crippen molar-refractivity contribution in [3.63, 3.8) is 0 Å². The van der Waals surface area contributed by atoms with Crippen LogP contribution in [0.15, 0.2) is 36.5 Å². The van der Waals surface area contributed by atoms with E-state index in [0.717, 1.165) is 19.3 Å². The van der Waals surface area contributed by atoms with E-state index < -0.39 is 0 Å². The second kappa shape index (κ2) is 5.70. The highest BCUT2D eigenvalue weighted by Gasteiger charge is 2.50. The minimum absolute atomic E-state index is 0.118. The van der Waals surface area contributed by atoms with Crippen molar-refractivity contribution in [2.75, 3.05) is 19.7 Å². The van der Waals surface area contributed by atoms with Crippen molar-refractivity contribution in [1.82, 2.24) is 14.7 Å². The van der Waals surface area contributed by atoms with Gasteiger partial charge >= 0.3 is 0 Å². The van der Waals surface area contributed by atoms with Crippen LogP contribution in [0.2, 0.25) is 0 Å². The Bertz CT molecular complexity index is 775. The van der Waals surface area contributed by atoms with Crippen molar-refractivity contribution >= 4 is 5.91 Å². The molecule has 2 heterocycles. The van der Waals surface area contributed by atoms with E-state index in [0.29, 0.717) is 30.4 Å². The van der Waals surface area contributed by atoms with Gasteiger partial charge in [-0.15, -0.1) is 0 Å². The Kier molecular flexibility index (Phi) is 3.64. The van der Waals surface area contributed by atoms with Crippen LogP contribution in [-0.2, 0) is 0 Å². The number of nitrogens with zero attached hydrogens (tertiary/aromatic N) is 3. The van der Waals surface area contributed by atoms with Crippen LogP contribution in [0.5, 0.6) is 0 Å². The van der Waals surface area contributed by atoms with E-state index in [2.05, 4.69) is 5.10 Å². The first kappa shape index (κ1) is 15.3. The highest BCUT2D eigenvalue weighted by Crippen LogP contribution is 2.48. The van der Waals surface area contributed by atoms with Gasteiger partial charge in [0.1, 0.15) is 5.82 Å². The fourth-order valence-electron chi connectivity index (χ4n) is 4.19. The number of benzene rings is 1. The topological polar surface area (TPSA) is 58.4 Å². The molecule has 1 saturated heterocycles. The molecule has 1 amide bonds. The number of aliphatic hydroxyl groups is 1. The van der Waals surface area contributed by atoms with Crippen molar-refractivity contribution in [3.05, 3.63) is 48.0 Å². The lowest BCUT2D eigenvalue weighted by Gasteiger charge is -2.25. The standard InChI is InChI=1S/C18H20FN3O2/c19-14-4-1-5-15(9-14)22-8-6-16(20-22)17(24)21-10-13-3-2-7-18(13,11-21)12-23/h1,4-6,8-9,13,23H,2-3,7,10-12H2/t13-,18+/m0/s1. The number of rotatable bonds is 3. The molecule has 0 bridgehead atoms. The molecular formula is C18H20FN3O2. The fourth-order valence-corrected chi connectivity index (χ4v) is 4.19. The molecule has 4 rings (SSSR count). The van der Waals surface area contributed by atoms with Crippen LogP contribution in [-0.4, -0.2) is 45.4 Å². The first-order valence-electron chi connectivity index (χ1n) is 8.33. The number of halogens is 1. The van der Waals surface area contributed by atoms with E-state index in [-0.39, 0.29) is 23.7 Å². The summed E-state index contributed by atoms with van der Waals surface area (Å²) in [4.78, 5) is 14.5. The molecule has 2 aromatic rings. The van der Waals surface area contributed by atoms with Crippen LogP contribution in [0.3, 0.4) is 0 Å². The van der Waals surface area contributed by atoms with E-state index in [4.69, 9.17) is 0 Å². The zero-order chi connectivity index (χ0) is 16.7. The maximum Gasteiger partial charge on any atom is 0.274 e. The molecule has 0 unspecified atom stereocenters. The minimum atomic E-state index is -0.340. The zero-order valence-corrected chi connectivity index (χ0v) is 13.4. The van der Waals surface area contributed by atoms with E-state index in [1.54, 1.807) is 29.3 Å². The molecule has 24 heavy (non-hydrogen) atoms. The van der Waals surface area contributed by atoms with E-state index in [9.17, 15) is 14.3 Å². The van der Waals surface area contributed by atoms with Gasteiger partial charge in [-0.1, -0.05) is 12.5 Å². The normalized spacial score (nSPS) is 25.9. The Labute approximate surface area is 139 Å². The number of amides is 1. The van der Waals surface area contributed by atoms with Crippen LogP contribution in [0.25, 0.3) is 5.69 Å². The van der Waals surface area contributed by atoms with Gasteiger partial charge in [-0.05, 0) is 43.0 Å². The third-order valence-corrected chi connectivity index (χ3v) is 5.52. The summed E-state index contributed by atoms with van der Waals surface area (Å²) in [7, 11) is 0. The summed E-state index contributed by atoms with van der Waals surface area (Å²) in [5.74, 6) is -0.0720. The molecule has 1 N–H and O–H groups in total. The van der Waals surface area contributed by atoms with E-state index in [1.807, 2.05) is 0 Å². The van der Waals surface area contributed by atoms with Gasteiger partial charge in [-0.3, -0.25) is 4.79 Å². The lowest BCUT2D eigenvalue weighted by Crippen LogP contribution is -2.34. The summed E-state index contributed by atoms with van der Waals surface area (Å²) in [6.07, 6.45) is 4.85. The number of hydrogen-bond acceptors (Lipinski definition) is 3. The number of likely N-dealkylation sites (tertiary alicyclic amines) is 1. The molecule has 1 aliphatic heterocycles. The molecule has 126 valence electrons. The van der Waals surface area contributed by atoms with Crippen LogP contribution in [0, 0.1) is 17.2 Å². The van der Waals surface area contributed by atoms with Crippen molar-refractivity contribution in [2.24, 2.45) is 11.3 Å². The summed E-state index contributed by atoms with van der Waals surface area (Å²) >= 11 is 0.